The topological polar surface area (TPSA) is 68.3 Å². The van der Waals surface area contributed by atoms with Crippen molar-refractivity contribution in [1.82, 2.24) is 24.4 Å². The normalized spacial score (nSPS) is 15.7. The number of benzene rings is 2. The predicted octanol–water partition coefficient (Wildman–Crippen LogP) is 3.37. The molecule has 0 radical (unpaired) electrons. The molecule has 1 aromatic heterocycles. The van der Waals surface area contributed by atoms with Crippen LogP contribution in [0.1, 0.15) is 11.1 Å². The number of nitrogens with one attached hydrogen (secondary N) is 1. The lowest BCUT2D eigenvalue weighted by Gasteiger charge is -2.33. The van der Waals surface area contributed by atoms with Crippen LogP contribution in [0.5, 0.6) is 0 Å². The summed E-state index contributed by atoms with van der Waals surface area (Å²) in [6.45, 7) is 9.26. The molecular formula is C22H27N5OS. The number of aromatic nitrogens is 3. The molecule has 7 heteroatoms. The maximum absolute atomic E-state index is 9.12. The Balaban J connectivity index is 1.53. The van der Waals surface area contributed by atoms with Gasteiger partial charge in [0.2, 0.25) is 0 Å². The van der Waals surface area contributed by atoms with Crippen LogP contribution in [0.3, 0.4) is 0 Å². The lowest BCUT2D eigenvalue weighted by molar-refractivity contribution is 0.156. The van der Waals surface area contributed by atoms with E-state index in [4.69, 9.17) is 10.1 Å². The molecule has 2 N–H and O–H groups in total. The number of β-amino-alcohol motifs (C(OH)–C–C–N with tert-alkyl or cyclic N) is 1. The largest absolute Gasteiger partial charge is 0.395 e. The number of piperazine rings is 1. The highest BCUT2D eigenvalue weighted by atomic mass is 32.2. The van der Waals surface area contributed by atoms with E-state index in [-0.39, 0.29) is 6.61 Å². The zero-order chi connectivity index (χ0) is 20.2. The van der Waals surface area contributed by atoms with Gasteiger partial charge in [-0.25, -0.2) is 9.29 Å². The zero-order valence-electron chi connectivity index (χ0n) is 16.9. The van der Waals surface area contributed by atoms with Crippen LogP contribution >= 0.6 is 11.9 Å². The summed E-state index contributed by atoms with van der Waals surface area (Å²) in [4.78, 5) is 8.30. The van der Waals surface area contributed by atoms with Crippen LogP contribution < -0.4 is 0 Å². The monoisotopic (exact) mass is 409 g/mol. The average molecular weight is 410 g/mol. The number of hydrogen-bond donors (Lipinski definition) is 2. The smallest absolute Gasteiger partial charge is 0.181 e. The van der Waals surface area contributed by atoms with E-state index in [9.17, 15) is 0 Å². The van der Waals surface area contributed by atoms with Gasteiger partial charge in [-0.1, -0.05) is 36.4 Å². The van der Waals surface area contributed by atoms with Gasteiger partial charge in [-0.2, -0.15) is 5.10 Å². The lowest BCUT2D eigenvalue weighted by atomic mass is 10.1. The number of aliphatic hydroxyl groups excluding tert-OH is 1. The van der Waals surface area contributed by atoms with Crippen molar-refractivity contribution < 1.29 is 5.11 Å². The van der Waals surface area contributed by atoms with E-state index < -0.39 is 0 Å². The minimum atomic E-state index is 0.232. The molecule has 2 heterocycles. The summed E-state index contributed by atoms with van der Waals surface area (Å²) < 4.78 is 2.41. The Labute approximate surface area is 176 Å². The fourth-order valence-electron chi connectivity index (χ4n) is 3.61. The zero-order valence-corrected chi connectivity index (χ0v) is 17.7. The van der Waals surface area contributed by atoms with E-state index in [0.717, 1.165) is 55.5 Å². The fraction of sp³-hybridized carbons (Fsp3) is 0.364. The van der Waals surface area contributed by atoms with Gasteiger partial charge in [-0.05, 0) is 43.0 Å². The van der Waals surface area contributed by atoms with Gasteiger partial charge < -0.3 is 5.11 Å². The molecule has 0 amide bonds. The Kier molecular flexibility index (Phi) is 6.30. The SMILES string of the molecule is Cc1cc(C)c(-c2nc(-c3ccccc3)n[nH]2)cc1SN1CCN(CCO)CC1. The van der Waals surface area contributed by atoms with Gasteiger partial charge in [0.1, 0.15) is 0 Å². The Bertz CT molecular complexity index is 951. The molecule has 1 fully saturated rings. The number of H-pyrrole nitrogens is 1. The first-order valence-electron chi connectivity index (χ1n) is 9.99. The van der Waals surface area contributed by atoms with Crippen molar-refractivity contribution >= 4 is 11.9 Å². The summed E-state index contributed by atoms with van der Waals surface area (Å²) in [5.74, 6) is 1.52. The molecular weight excluding hydrogens is 382 g/mol. The van der Waals surface area contributed by atoms with Crippen molar-refractivity contribution in [3.8, 4) is 22.8 Å². The molecule has 152 valence electrons. The second kappa shape index (κ2) is 9.09. The Morgan fingerprint density at radius 2 is 1.79 bits per heavy atom. The standard InChI is InChI=1S/C22H27N5OS/c1-16-14-17(2)20(29-27-10-8-26(9-11-27)12-13-28)15-19(16)22-23-21(24-25-22)18-6-4-3-5-7-18/h3-7,14-15,28H,8-13H2,1-2H3,(H,23,24,25). The van der Waals surface area contributed by atoms with E-state index in [2.05, 4.69) is 45.4 Å². The molecule has 0 aliphatic carbocycles. The lowest BCUT2D eigenvalue weighted by Crippen LogP contribution is -2.44. The summed E-state index contributed by atoms with van der Waals surface area (Å²) in [6, 6.07) is 14.5. The van der Waals surface area contributed by atoms with Crippen LogP contribution in [0, 0.1) is 13.8 Å². The molecule has 2 aromatic carbocycles. The van der Waals surface area contributed by atoms with Gasteiger partial charge in [0.05, 0.1) is 6.61 Å². The summed E-state index contributed by atoms with van der Waals surface area (Å²) in [7, 11) is 0. The average Bonchev–Trinajstić information content (AvgIpc) is 3.22. The molecule has 1 saturated heterocycles. The molecule has 0 atom stereocenters. The molecule has 1 aliphatic rings. The van der Waals surface area contributed by atoms with Gasteiger partial charge in [-0.3, -0.25) is 10.00 Å². The minimum Gasteiger partial charge on any atom is -0.395 e. The second-order valence-corrected chi connectivity index (χ2v) is 8.53. The highest BCUT2D eigenvalue weighted by molar-refractivity contribution is 7.97. The first kappa shape index (κ1) is 20.1. The first-order valence-corrected chi connectivity index (χ1v) is 10.8. The molecule has 0 bridgehead atoms. The molecule has 0 unspecified atom stereocenters. The van der Waals surface area contributed by atoms with E-state index in [1.54, 1.807) is 0 Å². The quantitative estimate of drug-likeness (QED) is 0.609. The maximum Gasteiger partial charge on any atom is 0.181 e. The number of rotatable bonds is 6. The van der Waals surface area contributed by atoms with Crippen molar-refractivity contribution in [3.05, 3.63) is 53.6 Å². The van der Waals surface area contributed by atoms with Crippen LogP contribution in [0.4, 0.5) is 0 Å². The summed E-state index contributed by atoms with van der Waals surface area (Å²) in [6.07, 6.45) is 0. The number of aryl methyl sites for hydroxylation is 2. The number of nitrogens with zero attached hydrogens (tertiary/aromatic N) is 4. The molecule has 0 saturated carbocycles. The number of aliphatic hydroxyl groups is 1. The molecule has 4 rings (SSSR count). The van der Waals surface area contributed by atoms with Crippen LogP contribution in [-0.2, 0) is 0 Å². The third-order valence-corrected chi connectivity index (χ3v) is 6.53. The fourth-order valence-corrected chi connectivity index (χ4v) is 4.61. The highest BCUT2D eigenvalue weighted by Crippen LogP contribution is 2.33. The molecule has 1 aliphatic heterocycles. The van der Waals surface area contributed by atoms with Crippen LogP contribution in [0.25, 0.3) is 22.8 Å². The van der Waals surface area contributed by atoms with Crippen LogP contribution in [-0.4, -0.2) is 68.8 Å². The summed E-state index contributed by atoms with van der Waals surface area (Å²) in [5, 5.41) is 16.7. The number of aromatic amines is 1. The van der Waals surface area contributed by atoms with Crippen LogP contribution in [0.2, 0.25) is 0 Å². The Hall–Kier alpha value is -2.19. The maximum atomic E-state index is 9.12. The van der Waals surface area contributed by atoms with Gasteiger partial charge in [0, 0.05) is 48.7 Å². The van der Waals surface area contributed by atoms with Gasteiger partial charge in [-0.15, -0.1) is 0 Å². The van der Waals surface area contributed by atoms with Gasteiger partial charge in [0.15, 0.2) is 11.6 Å². The summed E-state index contributed by atoms with van der Waals surface area (Å²) >= 11 is 1.81. The van der Waals surface area contributed by atoms with Crippen molar-refractivity contribution in [2.24, 2.45) is 0 Å². The third-order valence-electron chi connectivity index (χ3n) is 5.27. The van der Waals surface area contributed by atoms with Crippen molar-refractivity contribution in [2.45, 2.75) is 18.7 Å². The summed E-state index contributed by atoms with van der Waals surface area (Å²) in [5.41, 5.74) is 4.56. The van der Waals surface area contributed by atoms with Crippen molar-refractivity contribution in [1.29, 1.82) is 0 Å². The first-order chi connectivity index (χ1) is 14.1. The van der Waals surface area contributed by atoms with Crippen LogP contribution in [0.15, 0.2) is 47.4 Å². The predicted molar refractivity (Wildman–Crippen MR) is 118 cm³/mol. The van der Waals surface area contributed by atoms with E-state index in [1.807, 2.05) is 42.3 Å². The van der Waals surface area contributed by atoms with E-state index in [1.165, 1.54) is 16.0 Å². The molecule has 3 aromatic rings. The van der Waals surface area contributed by atoms with Crippen molar-refractivity contribution in [2.75, 3.05) is 39.3 Å². The highest BCUT2D eigenvalue weighted by Gasteiger charge is 2.19. The third kappa shape index (κ3) is 4.70. The minimum absolute atomic E-state index is 0.232. The molecule has 29 heavy (non-hydrogen) atoms. The second-order valence-electron chi connectivity index (χ2n) is 7.39. The molecule has 0 spiro atoms. The van der Waals surface area contributed by atoms with Gasteiger partial charge >= 0.3 is 0 Å². The Morgan fingerprint density at radius 3 is 2.52 bits per heavy atom. The van der Waals surface area contributed by atoms with E-state index in [0.29, 0.717) is 0 Å². The van der Waals surface area contributed by atoms with Gasteiger partial charge in [0.25, 0.3) is 0 Å². The number of hydrogen-bond acceptors (Lipinski definition) is 6. The Morgan fingerprint density at radius 1 is 1.03 bits per heavy atom. The molecule has 6 nitrogen and oxygen atoms in total. The van der Waals surface area contributed by atoms with Crippen molar-refractivity contribution in [3.63, 3.8) is 0 Å². The van der Waals surface area contributed by atoms with E-state index >= 15 is 0 Å².